The maximum absolute atomic E-state index is 11.7. The molecule has 0 aliphatic heterocycles. The highest BCUT2D eigenvalue weighted by Crippen LogP contribution is 2.09. The molecule has 1 rings (SSSR count). The van der Waals surface area contributed by atoms with Crippen LogP contribution in [0.15, 0.2) is 24.3 Å². The van der Waals surface area contributed by atoms with Crippen molar-refractivity contribution in [1.29, 1.82) is 0 Å². The van der Waals surface area contributed by atoms with Crippen LogP contribution in [-0.4, -0.2) is 19.1 Å². The van der Waals surface area contributed by atoms with Gasteiger partial charge in [0.2, 0.25) is 5.91 Å². The Bertz CT molecular complexity index is 388. The number of hydrogen-bond acceptors (Lipinski definition) is 3. The van der Waals surface area contributed by atoms with Gasteiger partial charge in [-0.05, 0) is 36.5 Å². The second-order valence-electron chi connectivity index (χ2n) is 5.35. The van der Waals surface area contributed by atoms with E-state index in [-0.39, 0.29) is 5.91 Å². The topological polar surface area (TPSA) is 64.3 Å². The Labute approximate surface area is 121 Å². The minimum Gasteiger partial charge on any atom is -0.381 e. The first-order valence-corrected chi connectivity index (χ1v) is 7.28. The van der Waals surface area contributed by atoms with Gasteiger partial charge in [-0.25, -0.2) is 0 Å². The summed E-state index contributed by atoms with van der Waals surface area (Å²) in [4.78, 5) is 11.7. The summed E-state index contributed by atoms with van der Waals surface area (Å²) in [7, 11) is 0. The van der Waals surface area contributed by atoms with Gasteiger partial charge in [-0.1, -0.05) is 26.0 Å². The predicted octanol–water partition coefficient (Wildman–Crippen LogP) is 2.93. The molecule has 1 amide bonds. The maximum Gasteiger partial charge on any atom is 0.224 e. The largest absolute Gasteiger partial charge is 0.381 e. The molecule has 0 fully saturated rings. The highest BCUT2D eigenvalue weighted by atomic mass is 16.5. The average molecular weight is 278 g/mol. The van der Waals surface area contributed by atoms with Crippen LogP contribution >= 0.6 is 0 Å². The number of nitrogens with one attached hydrogen (secondary N) is 1. The van der Waals surface area contributed by atoms with Crippen molar-refractivity contribution >= 4 is 11.6 Å². The summed E-state index contributed by atoms with van der Waals surface area (Å²) in [6.45, 7) is 6.29. The summed E-state index contributed by atoms with van der Waals surface area (Å²) in [6.07, 6.45) is 2.31. The predicted molar refractivity (Wildman–Crippen MR) is 82.5 cm³/mol. The zero-order valence-electron chi connectivity index (χ0n) is 12.5. The summed E-state index contributed by atoms with van der Waals surface area (Å²) in [5.74, 6) is 0.688. The van der Waals surface area contributed by atoms with E-state index in [9.17, 15) is 4.79 Å². The monoisotopic (exact) mass is 278 g/mol. The molecule has 0 aliphatic carbocycles. The Hall–Kier alpha value is -1.39. The number of anilines is 1. The van der Waals surface area contributed by atoms with Gasteiger partial charge in [0.1, 0.15) is 0 Å². The van der Waals surface area contributed by atoms with Crippen LogP contribution in [0.5, 0.6) is 0 Å². The molecule has 1 aromatic rings. The molecule has 112 valence electrons. The second kappa shape index (κ2) is 9.50. The molecular weight excluding hydrogens is 252 g/mol. The minimum absolute atomic E-state index is 0.0259. The molecule has 1 aromatic carbocycles. The van der Waals surface area contributed by atoms with Gasteiger partial charge in [-0.15, -0.1) is 0 Å². The van der Waals surface area contributed by atoms with Crippen LogP contribution in [0.3, 0.4) is 0 Å². The number of amides is 1. The smallest absolute Gasteiger partial charge is 0.224 e. The maximum atomic E-state index is 11.7. The lowest BCUT2D eigenvalue weighted by atomic mass is 10.1. The Balaban J connectivity index is 2.13. The summed E-state index contributed by atoms with van der Waals surface area (Å²) in [5.41, 5.74) is 7.39. The Kier molecular flexibility index (Phi) is 7.92. The number of hydrogen-bond donors (Lipinski definition) is 2. The summed E-state index contributed by atoms with van der Waals surface area (Å²) in [6, 6.07) is 7.59. The Morgan fingerprint density at radius 1 is 1.25 bits per heavy atom. The first-order valence-electron chi connectivity index (χ1n) is 7.28. The fourth-order valence-electron chi connectivity index (χ4n) is 1.70. The van der Waals surface area contributed by atoms with Crippen LogP contribution in [0.25, 0.3) is 0 Å². The molecule has 20 heavy (non-hydrogen) atoms. The molecule has 0 bridgehead atoms. The molecule has 4 heteroatoms. The van der Waals surface area contributed by atoms with Gasteiger partial charge < -0.3 is 15.8 Å². The van der Waals surface area contributed by atoms with E-state index >= 15 is 0 Å². The first-order chi connectivity index (χ1) is 9.61. The number of ether oxygens (including phenoxy) is 1. The lowest BCUT2D eigenvalue weighted by Gasteiger charge is -2.07. The van der Waals surface area contributed by atoms with Crippen LogP contribution in [0.2, 0.25) is 0 Å². The van der Waals surface area contributed by atoms with E-state index in [1.165, 1.54) is 0 Å². The van der Waals surface area contributed by atoms with E-state index in [1.807, 2.05) is 24.3 Å². The van der Waals surface area contributed by atoms with E-state index in [0.29, 0.717) is 25.5 Å². The number of rotatable bonds is 9. The molecule has 0 saturated carbocycles. The first kappa shape index (κ1) is 16.7. The molecule has 0 unspecified atom stereocenters. The zero-order chi connectivity index (χ0) is 14.8. The molecule has 0 spiro atoms. The molecule has 4 nitrogen and oxygen atoms in total. The highest BCUT2D eigenvalue weighted by Gasteiger charge is 2.02. The summed E-state index contributed by atoms with van der Waals surface area (Å²) in [5, 5.41) is 2.87. The van der Waals surface area contributed by atoms with Crippen molar-refractivity contribution in [2.75, 3.05) is 18.5 Å². The Morgan fingerprint density at radius 2 is 1.95 bits per heavy atom. The van der Waals surface area contributed by atoms with Gasteiger partial charge in [0.25, 0.3) is 0 Å². The highest BCUT2D eigenvalue weighted by molar-refractivity contribution is 5.90. The summed E-state index contributed by atoms with van der Waals surface area (Å²) < 4.78 is 5.48. The van der Waals surface area contributed by atoms with E-state index < -0.39 is 0 Å². The van der Waals surface area contributed by atoms with Gasteiger partial charge in [0, 0.05) is 31.9 Å². The number of carbonyl (C=O) groups excluding carboxylic acids is 1. The summed E-state index contributed by atoms with van der Waals surface area (Å²) >= 11 is 0. The van der Waals surface area contributed by atoms with Crippen molar-refractivity contribution in [2.45, 2.75) is 39.7 Å². The quantitative estimate of drug-likeness (QED) is 0.683. The van der Waals surface area contributed by atoms with Crippen molar-refractivity contribution in [3.8, 4) is 0 Å². The standard InChI is InChI=1S/C16H26N2O2/c1-13(2)9-11-20-10-3-4-16(19)18-15-7-5-14(12-17)6-8-15/h5-8,13H,3-4,9-12,17H2,1-2H3,(H,18,19). The van der Waals surface area contributed by atoms with Crippen LogP contribution < -0.4 is 11.1 Å². The van der Waals surface area contributed by atoms with Crippen LogP contribution in [0.4, 0.5) is 5.69 Å². The van der Waals surface area contributed by atoms with Crippen LogP contribution in [-0.2, 0) is 16.1 Å². The molecule has 0 saturated heterocycles. The van der Waals surface area contributed by atoms with Gasteiger partial charge in [-0.3, -0.25) is 4.79 Å². The van der Waals surface area contributed by atoms with E-state index in [0.717, 1.165) is 30.7 Å². The van der Waals surface area contributed by atoms with Crippen LogP contribution in [0, 0.1) is 5.92 Å². The third-order valence-electron chi connectivity index (χ3n) is 3.01. The van der Waals surface area contributed by atoms with Crippen molar-refractivity contribution in [2.24, 2.45) is 11.7 Å². The fourth-order valence-corrected chi connectivity index (χ4v) is 1.70. The average Bonchev–Trinajstić information content (AvgIpc) is 2.43. The SMILES string of the molecule is CC(C)CCOCCCC(=O)Nc1ccc(CN)cc1. The molecule has 0 heterocycles. The number of nitrogens with two attached hydrogens (primary N) is 1. The van der Waals surface area contributed by atoms with Crippen molar-refractivity contribution < 1.29 is 9.53 Å². The molecular formula is C16H26N2O2. The normalized spacial score (nSPS) is 10.8. The lowest BCUT2D eigenvalue weighted by molar-refractivity contribution is -0.116. The third kappa shape index (κ3) is 7.26. The minimum atomic E-state index is 0.0259. The molecule has 0 aromatic heterocycles. The van der Waals surface area contributed by atoms with Crippen molar-refractivity contribution in [1.82, 2.24) is 0 Å². The van der Waals surface area contributed by atoms with Crippen molar-refractivity contribution in [3.63, 3.8) is 0 Å². The van der Waals surface area contributed by atoms with E-state index in [2.05, 4.69) is 19.2 Å². The zero-order valence-corrected chi connectivity index (χ0v) is 12.5. The van der Waals surface area contributed by atoms with Crippen molar-refractivity contribution in [3.05, 3.63) is 29.8 Å². The number of carbonyl (C=O) groups is 1. The lowest BCUT2D eigenvalue weighted by Crippen LogP contribution is -2.12. The fraction of sp³-hybridized carbons (Fsp3) is 0.562. The third-order valence-corrected chi connectivity index (χ3v) is 3.01. The van der Waals surface area contributed by atoms with Gasteiger partial charge in [0.15, 0.2) is 0 Å². The van der Waals surface area contributed by atoms with Crippen LogP contribution in [0.1, 0.15) is 38.7 Å². The van der Waals surface area contributed by atoms with Gasteiger partial charge in [-0.2, -0.15) is 0 Å². The Morgan fingerprint density at radius 3 is 2.55 bits per heavy atom. The number of benzene rings is 1. The van der Waals surface area contributed by atoms with Gasteiger partial charge in [0.05, 0.1) is 0 Å². The molecule has 3 N–H and O–H groups in total. The van der Waals surface area contributed by atoms with E-state index in [4.69, 9.17) is 10.5 Å². The van der Waals surface area contributed by atoms with E-state index in [1.54, 1.807) is 0 Å². The van der Waals surface area contributed by atoms with Gasteiger partial charge >= 0.3 is 0 Å². The molecule has 0 radical (unpaired) electrons. The molecule has 0 atom stereocenters. The second-order valence-corrected chi connectivity index (χ2v) is 5.35. The molecule has 0 aliphatic rings.